The molecule has 3 heteroatoms. The number of aromatic nitrogens is 1. The van der Waals surface area contributed by atoms with Crippen LogP contribution in [0.25, 0.3) is 0 Å². The van der Waals surface area contributed by atoms with Crippen LogP contribution in [0.1, 0.15) is 24.5 Å². The number of rotatable bonds is 4. The number of hydrogen-bond donors (Lipinski definition) is 1. The van der Waals surface area contributed by atoms with E-state index >= 15 is 0 Å². The standard InChI is InChI=1S/C15H15N3/c1-2-3-12-4-7-14(8-5-12)18-15-9-6-13(10-16)11-17-15/h4-9,11H,2-3H2,1H3,(H,17,18). The van der Waals surface area contributed by atoms with Gasteiger partial charge in [-0.25, -0.2) is 4.98 Å². The molecular weight excluding hydrogens is 222 g/mol. The molecule has 1 aromatic carbocycles. The lowest BCUT2D eigenvalue weighted by Crippen LogP contribution is -1.94. The fourth-order valence-corrected chi connectivity index (χ4v) is 1.73. The maximum Gasteiger partial charge on any atom is 0.130 e. The zero-order valence-corrected chi connectivity index (χ0v) is 10.4. The number of nitrogens with one attached hydrogen (secondary N) is 1. The van der Waals surface area contributed by atoms with Crippen LogP contribution >= 0.6 is 0 Å². The van der Waals surface area contributed by atoms with Crippen LogP contribution in [-0.4, -0.2) is 4.98 Å². The molecule has 0 aliphatic rings. The number of nitriles is 1. The second-order valence-electron chi connectivity index (χ2n) is 4.12. The zero-order chi connectivity index (χ0) is 12.8. The first kappa shape index (κ1) is 12.1. The lowest BCUT2D eigenvalue weighted by atomic mass is 10.1. The van der Waals surface area contributed by atoms with Gasteiger partial charge in [0.1, 0.15) is 11.9 Å². The van der Waals surface area contributed by atoms with Crippen LogP contribution in [0.4, 0.5) is 11.5 Å². The predicted octanol–water partition coefficient (Wildman–Crippen LogP) is 3.65. The van der Waals surface area contributed by atoms with Crippen molar-refractivity contribution < 1.29 is 0 Å². The van der Waals surface area contributed by atoms with Crippen LogP contribution < -0.4 is 5.32 Å². The summed E-state index contributed by atoms with van der Waals surface area (Å²) >= 11 is 0. The largest absolute Gasteiger partial charge is 0.340 e. The number of pyridine rings is 1. The van der Waals surface area contributed by atoms with Gasteiger partial charge in [0.15, 0.2) is 0 Å². The number of benzene rings is 1. The molecule has 0 saturated carbocycles. The number of nitrogens with zero attached hydrogens (tertiary/aromatic N) is 2. The molecule has 1 heterocycles. The molecule has 0 amide bonds. The van der Waals surface area contributed by atoms with Gasteiger partial charge in [-0.1, -0.05) is 25.5 Å². The quantitative estimate of drug-likeness (QED) is 0.883. The van der Waals surface area contributed by atoms with Crippen LogP contribution in [-0.2, 0) is 6.42 Å². The van der Waals surface area contributed by atoms with E-state index < -0.39 is 0 Å². The van der Waals surface area contributed by atoms with Crippen LogP contribution in [0.2, 0.25) is 0 Å². The van der Waals surface area contributed by atoms with Gasteiger partial charge in [-0.15, -0.1) is 0 Å². The molecule has 2 aromatic rings. The lowest BCUT2D eigenvalue weighted by Gasteiger charge is -2.06. The lowest BCUT2D eigenvalue weighted by molar-refractivity contribution is 0.922. The summed E-state index contributed by atoms with van der Waals surface area (Å²) in [6.07, 6.45) is 3.83. The van der Waals surface area contributed by atoms with Gasteiger partial charge in [0.25, 0.3) is 0 Å². The van der Waals surface area contributed by atoms with Crippen molar-refractivity contribution in [2.45, 2.75) is 19.8 Å². The molecule has 0 radical (unpaired) electrons. The van der Waals surface area contributed by atoms with E-state index in [0.717, 1.165) is 24.3 Å². The second-order valence-corrected chi connectivity index (χ2v) is 4.12. The van der Waals surface area contributed by atoms with Gasteiger partial charge in [-0.3, -0.25) is 0 Å². The molecule has 2 rings (SSSR count). The van der Waals surface area contributed by atoms with Crippen molar-refractivity contribution in [3.63, 3.8) is 0 Å². The molecular formula is C15H15N3. The molecule has 1 aromatic heterocycles. The van der Waals surface area contributed by atoms with E-state index in [4.69, 9.17) is 5.26 Å². The van der Waals surface area contributed by atoms with Gasteiger partial charge in [0.2, 0.25) is 0 Å². The first-order chi connectivity index (χ1) is 8.81. The number of anilines is 2. The predicted molar refractivity (Wildman–Crippen MR) is 72.7 cm³/mol. The van der Waals surface area contributed by atoms with E-state index in [1.807, 2.05) is 18.2 Å². The number of aryl methyl sites for hydroxylation is 1. The van der Waals surface area contributed by atoms with Crippen LogP contribution in [0.5, 0.6) is 0 Å². The van der Waals surface area contributed by atoms with Crippen molar-refractivity contribution in [3.8, 4) is 6.07 Å². The molecule has 1 N–H and O–H groups in total. The Hall–Kier alpha value is -2.34. The van der Waals surface area contributed by atoms with E-state index in [1.54, 1.807) is 18.3 Å². The van der Waals surface area contributed by atoms with Crippen LogP contribution in [0, 0.1) is 11.3 Å². The molecule has 3 nitrogen and oxygen atoms in total. The average molecular weight is 237 g/mol. The Kier molecular flexibility index (Phi) is 3.93. The molecule has 0 atom stereocenters. The van der Waals surface area contributed by atoms with Gasteiger partial charge in [0, 0.05) is 11.9 Å². The van der Waals surface area contributed by atoms with E-state index in [0.29, 0.717) is 5.56 Å². The second kappa shape index (κ2) is 5.83. The van der Waals surface area contributed by atoms with Gasteiger partial charge >= 0.3 is 0 Å². The van der Waals surface area contributed by atoms with Crippen molar-refractivity contribution in [1.82, 2.24) is 4.98 Å². The Bertz CT molecular complexity index is 535. The highest BCUT2D eigenvalue weighted by molar-refractivity contribution is 5.56. The molecule has 0 aliphatic heterocycles. The van der Waals surface area contributed by atoms with Gasteiger partial charge in [0.05, 0.1) is 5.56 Å². The summed E-state index contributed by atoms with van der Waals surface area (Å²) in [5.74, 6) is 0.747. The highest BCUT2D eigenvalue weighted by Crippen LogP contribution is 2.16. The van der Waals surface area contributed by atoms with Crippen molar-refractivity contribution in [3.05, 3.63) is 53.7 Å². The Morgan fingerprint density at radius 2 is 1.94 bits per heavy atom. The van der Waals surface area contributed by atoms with E-state index in [-0.39, 0.29) is 0 Å². The molecule has 0 saturated heterocycles. The van der Waals surface area contributed by atoms with Crippen LogP contribution in [0.15, 0.2) is 42.6 Å². The highest BCUT2D eigenvalue weighted by Gasteiger charge is 1.97. The third-order valence-corrected chi connectivity index (χ3v) is 2.66. The Labute approximate surface area is 107 Å². The monoisotopic (exact) mass is 237 g/mol. The summed E-state index contributed by atoms with van der Waals surface area (Å²) in [5, 5.41) is 11.9. The van der Waals surface area contributed by atoms with Crippen molar-refractivity contribution in [2.75, 3.05) is 5.32 Å². The smallest absolute Gasteiger partial charge is 0.130 e. The molecule has 0 unspecified atom stereocenters. The fourth-order valence-electron chi connectivity index (χ4n) is 1.73. The SMILES string of the molecule is CCCc1ccc(Nc2ccc(C#N)cn2)cc1. The molecule has 0 fully saturated rings. The minimum absolute atomic E-state index is 0.568. The topological polar surface area (TPSA) is 48.7 Å². The summed E-state index contributed by atoms with van der Waals surface area (Å²) in [4.78, 5) is 4.17. The van der Waals surface area contributed by atoms with E-state index in [9.17, 15) is 0 Å². The van der Waals surface area contributed by atoms with Crippen LogP contribution in [0.3, 0.4) is 0 Å². The summed E-state index contributed by atoms with van der Waals surface area (Å²) in [6, 6.07) is 13.9. The molecule has 18 heavy (non-hydrogen) atoms. The molecule has 0 aliphatic carbocycles. The van der Waals surface area contributed by atoms with Crippen molar-refractivity contribution in [1.29, 1.82) is 5.26 Å². The summed E-state index contributed by atoms with van der Waals surface area (Å²) < 4.78 is 0. The molecule has 90 valence electrons. The average Bonchev–Trinajstić information content (AvgIpc) is 2.42. The van der Waals surface area contributed by atoms with E-state index in [1.165, 1.54) is 5.56 Å². The van der Waals surface area contributed by atoms with Crippen molar-refractivity contribution in [2.24, 2.45) is 0 Å². The first-order valence-corrected chi connectivity index (χ1v) is 6.04. The summed E-state index contributed by atoms with van der Waals surface area (Å²) in [6.45, 7) is 2.17. The zero-order valence-electron chi connectivity index (χ0n) is 10.4. The van der Waals surface area contributed by atoms with Gasteiger partial charge < -0.3 is 5.32 Å². The molecule has 0 bridgehead atoms. The Morgan fingerprint density at radius 3 is 2.50 bits per heavy atom. The van der Waals surface area contributed by atoms with Gasteiger partial charge in [-0.2, -0.15) is 5.26 Å². The third kappa shape index (κ3) is 3.08. The van der Waals surface area contributed by atoms with E-state index in [2.05, 4.69) is 29.4 Å². The third-order valence-electron chi connectivity index (χ3n) is 2.66. The first-order valence-electron chi connectivity index (χ1n) is 6.04. The normalized spacial score (nSPS) is 9.78. The Balaban J connectivity index is 2.06. The molecule has 0 spiro atoms. The van der Waals surface area contributed by atoms with Crippen molar-refractivity contribution >= 4 is 11.5 Å². The highest BCUT2D eigenvalue weighted by atomic mass is 15.0. The fraction of sp³-hybridized carbons (Fsp3) is 0.200. The number of hydrogen-bond acceptors (Lipinski definition) is 3. The minimum Gasteiger partial charge on any atom is -0.340 e. The minimum atomic E-state index is 0.568. The maximum absolute atomic E-state index is 8.69. The summed E-state index contributed by atoms with van der Waals surface area (Å²) in [5.41, 5.74) is 2.92. The van der Waals surface area contributed by atoms with Gasteiger partial charge in [-0.05, 0) is 36.2 Å². The summed E-state index contributed by atoms with van der Waals surface area (Å²) in [7, 11) is 0. The Morgan fingerprint density at radius 1 is 1.17 bits per heavy atom. The maximum atomic E-state index is 8.69.